The van der Waals surface area contributed by atoms with Crippen LogP contribution in [0.1, 0.15) is 38.3 Å². The molecule has 6 heteroatoms. The average molecular weight is 319 g/mol. The summed E-state index contributed by atoms with van der Waals surface area (Å²) in [5.41, 5.74) is 1.24. The minimum Gasteiger partial charge on any atom is -0.443 e. The van der Waals surface area contributed by atoms with E-state index in [4.69, 9.17) is 14.2 Å². The van der Waals surface area contributed by atoms with Gasteiger partial charge in [0.2, 0.25) is 0 Å². The van der Waals surface area contributed by atoms with Crippen LogP contribution in [0.25, 0.3) is 0 Å². The Balaban J connectivity index is 2.07. The zero-order valence-electron chi connectivity index (χ0n) is 13.8. The van der Waals surface area contributed by atoms with Crippen molar-refractivity contribution in [3.8, 4) is 0 Å². The first-order valence-electron chi connectivity index (χ1n) is 7.71. The number of nitrogens with zero attached hydrogens (tertiary/aromatic N) is 1. The average Bonchev–Trinajstić information content (AvgIpc) is 2.67. The Bertz CT molecular complexity index is 655. The van der Waals surface area contributed by atoms with Gasteiger partial charge in [0.1, 0.15) is 5.60 Å². The molecule has 0 aliphatic carbocycles. The summed E-state index contributed by atoms with van der Waals surface area (Å²) in [4.78, 5) is 26.5. The molecule has 0 N–H and O–H groups in total. The predicted molar refractivity (Wildman–Crippen MR) is 83.1 cm³/mol. The highest BCUT2D eigenvalue weighted by atomic mass is 16.7. The topological polar surface area (TPSA) is 65.1 Å². The highest BCUT2D eigenvalue weighted by Gasteiger charge is 2.57. The van der Waals surface area contributed by atoms with E-state index in [1.54, 1.807) is 32.9 Å². The van der Waals surface area contributed by atoms with Crippen LogP contribution in [0.4, 0.5) is 10.5 Å². The summed E-state index contributed by atoms with van der Waals surface area (Å²) in [5, 5.41) is 0. The monoisotopic (exact) mass is 319 g/mol. The largest absolute Gasteiger partial charge is 0.443 e. The molecule has 2 amide bonds. The molecule has 1 fully saturated rings. The molecule has 0 unspecified atom stereocenters. The number of amides is 2. The number of hydrogen-bond donors (Lipinski definition) is 0. The highest BCUT2D eigenvalue weighted by Crippen LogP contribution is 2.46. The number of fused-ring (bicyclic) bond motifs is 2. The maximum Gasteiger partial charge on any atom is 0.421 e. The minimum atomic E-state index is -1.53. The summed E-state index contributed by atoms with van der Waals surface area (Å²) in [6.45, 7) is 7.97. The second-order valence-electron chi connectivity index (χ2n) is 6.81. The number of carbonyl (C=O) groups is 2. The molecule has 124 valence electrons. The Kier molecular flexibility index (Phi) is 3.69. The van der Waals surface area contributed by atoms with Crippen LogP contribution in [0.2, 0.25) is 0 Å². The summed E-state index contributed by atoms with van der Waals surface area (Å²) >= 11 is 0. The van der Waals surface area contributed by atoms with Crippen LogP contribution in [0.5, 0.6) is 0 Å². The lowest BCUT2D eigenvalue weighted by Gasteiger charge is -2.32. The van der Waals surface area contributed by atoms with Crippen molar-refractivity contribution in [1.82, 2.24) is 0 Å². The van der Waals surface area contributed by atoms with E-state index in [0.717, 1.165) is 10.5 Å². The van der Waals surface area contributed by atoms with Gasteiger partial charge in [-0.15, -0.1) is 0 Å². The SMILES string of the molecule is Cc1ccc2c(c1)N(C(=O)OC(C)(C)C)C(=O)C21OCCCO1. The van der Waals surface area contributed by atoms with E-state index in [9.17, 15) is 9.59 Å². The molecule has 0 saturated carbocycles. The number of benzene rings is 1. The maximum absolute atomic E-state index is 13.0. The Morgan fingerprint density at radius 2 is 1.91 bits per heavy atom. The first-order valence-corrected chi connectivity index (χ1v) is 7.71. The van der Waals surface area contributed by atoms with Crippen LogP contribution in [-0.2, 0) is 24.8 Å². The lowest BCUT2D eigenvalue weighted by molar-refractivity contribution is -0.256. The Morgan fingerprint density at radius 3 is 2.52 bits per heavy atom. The third-order valence-electron chi connectivity index (χ3n) is 3.71. The standard InChI is InChI=1S/C17H21NO5/c1-11-6-7-12-13(10-11)18(15(20)23-16(2,3)4)14(19)17(12)21-8-5-9-22-17/h6-7,10H,5,8-9H2,1-4H3. The fourth-order valence-corrected chi connectivity index (χ4v) is 2.78. The lowest BCUT2D eigenvalue weighted by Crippen LogP contribution is -2.49. The fraction of sp³-hybridized carbons (Fsp3) is 0.529. The number of hydrogen-bond acceptors (Lipinski definition) is 5. The molecule has 2 aliphatic heterocycles. The van der Waals surface area contributed by atoms with Crippen LogP contribution < -0.4 is 4.90 Å². The Labute approximate surface area is 135 Å². The van der Waals surface area contributed by atoms with Gasteiger partial charge in [-0.2, -0.15) is 0 Å². The first-order chi connectivity index (χ1) is 10.7. The number of rotatable bonds is 0. The van der Waals surface area contributed by atoms with E-state index in [0.29, 0.717) is 30.9 Å². The van der Waals surface area contributed by atoms with E-state index in [1.807, 2.05) is 13.0 Å². The van der Waals surface area contributed by atoms with Crippen molar-refractivity contribution >= 4 is 17.7 Å². The van der Waals surface area contributed by atoms with Gasteiger partial charge in [-0.25, -0.2) is 9.69 Å². The van der Waals surface area contributed by atoms with Crippen molar-refractivity contribution in [2.75, 3.05) is 18.1 Å². The summed E-state index contributed by atoms with van der Waals surface area (Å²) < 4.78 is 16.8. The number of imide groups is 1. The molecule has 1 aromatic carbocycles. The minimum absolute atomic E-state index is 0.404. The lowest BCUT2D eigenvalue weighted by atomic mass is 10.0. The van der Waals surface area contributed by atoms with Crippen molar-refractivity contribution in [3.05, 3.63) is 29.3 Å². The predicted octanol–water partition coefficient (Wildman–Crippen LogP) is 2.87. The molecule has 0 atom stereocenters. The second-order valence-corrected chi connectivity index (χ2v) is 6.81. The van der Waals surface area contributed by atoms with Gasteiger partial charge in [0.25, 0.3) is 5.79 Å². The van der Waals surface area contributed by atoms with E-state index in [1.165, 1.54) is 0 Å². The molecule has 6 nitrogen and oxygen atoms in total. The van der Waals surface area contributed by atoms with Gasteiger partial charge in [0.15, 0.2) is 0 Å². The quantitative estimate of drug-likeness (QED) is 0.735. The molecule has 1 spiro atoms. The molecule has 2 aliphatic rings. The molecule has 1 saturated heterocycles. The molecule has 23 heavy (non-hydrogen) atoms. The molecule has 2 heterocycles. The van der Waals surface area contributed by atoms with Gasteiger partial charge in [-0.3, -0.25) is 4.79 Å². The zero-order valence-corrected chi connectivity index (χ0v) is 13.8. The van der Waals surface area contributed by atoms with Gasteiger partial charge in [-0.1, -0.05) is 12.1 Å². The third-order valence-corrected chi connectivity index (χ3v) is 3.71. The van der Waals surface area contributed by atoms with E-state index in [-0.39, 0.29) is 0 Å². The van der Waals surface area contributed by atoms with E-state index < -0.39 is 23.4 Å². The van der Waals surface area contributed by atoms with Crippen molar-refractivity contribution in [1.29, 1.82) is 0 Å². The normalized spacial score (nSPS) is 19.8. The molecule has 0 aromatic heterocycles. The van der Waals surface area contributed by atoms with Gasteiger partial charge in [0, 0.05) is 5.56 Å². The van der Waals surface area contributed by atoms with Crippen LogP contribution in [-0.4, -0.2) is 30.8 Å². The molecular formula is C17H21NO5. The number of carbonyl (C=O) groups excluding carboxylic acids is 2. The second kappa shape index (κ2) is 5.32. The first kappa shape index (κ1) is 16.0. The van der Waals surface area contributed by atoms with E-state index >= 15 is 0 Å². The van der Waals surface area contributed by atoms with Crippen molar-refractivity contribution < 1.29 is 23.8 Å². The van der Waals surface area contributed by atoms with Gasteiger partial charge in [0.05, 0.1) is 18.9 Å². The molecule has 1 aromatic rings. The summed E-state index contributed by atoms with van der Waals surface area (Å²) in [5.74, 6) is -2.08. The Hall–Kier alpha value is -1.92. The maximum atomic E-state index is 13.0. The highest BCUT2D eigenvalue weighted by molar-refractivity contribution is 6.20. The van der Waals surface area contributed by atoms with Crippen LogP contribution in [0.3, 0.4) is 0 Å². The zero-order chi connectivity index (χ0) is 16.8. The third kappa shape index (κ3) is 2.62. The number of ether oxygens (including phenoxy) is 3. The van der Waals surface area contributed by atoms with Gasteiger partial charge >= 0.3 is 12.0 Å². The van der Waals surface area contributed by atoms with Crippen molar-refractivity contribution in [3.63, 3.8) is 0 Å². The molecule has 3 rings (SSSR count). The Morgan fingerprint density at radius 1 is 1.26 bits per heavy atom. The van der Waals surface area contributed by atoms with Crippen molar-refractivity contribution in [2.24, 2.45) is 0 Å². The van der Waals surface area contributed by atoms with Crippen LogP contribution >= 0.6 is 0 Å². The molecular weight excluding hydrogens is 298 g/mol. The number of anilines is 1. The molecule has 0 radical (unpaired) electrons. The van der Waals surface area contributed by atoms with Crippen molar-refractivity contribution in [2.45, 2.75) is 45.5 Å². The summed E-state index contributed by atoms with van der Waals surface area (Å²) in [6, 6.07) is 5.42. The number of aryl methyl sites for hydroxylation is 1. The van der Waals surface area contributed by atoms with Gasteiger partial charge in [-0.05, 0) is 45.7 Å². The smallest absolute Gasteiger partial charge is 0.421 e. The summed E-state index contributed by atoms with van der Waals surface area (Å²) in [6.07, 6.45) is -0.00755. The fourth-order valence-electron chi connectivity index (χ4n) is 2.78. The summed E-state index contributed by atoms with van der Waals surface area (Å²) in [7, 11) is 0. The molecule has 0 bridgehead atoms. The van der Waals surface area contributed by atoms with Crippen LogP contribution in [0, 0.1) is 6.92 Å². The van der Waals surface area contributed by atoms with E-state index in [2.05, 4.69) is 0 Å². The van der Waals surface area contributed by atoms with Gasteiger partial charge < -0.3 is 14.2 Å². The van der Waals surface area contributed by atoms with Crippen LogP contribution in [0.15, 0.2) is 18.2 Å².